The van der Waals surface area contributed by atoms with E-state index in [2.05, 4.69) is 9.97 Å². The van der Waals surface area contributed by atoms with Crippen LogP contribution in [0.25, 0.3) is 16.6 Å². The third-order valence-electron chi connectivity index (χ3n) is 3.50. The molecule has 0 radical (unpaired) electrons. The summed E-state index contributed by atoms with van der Waals surface area (Å²) in [4.78, 5) is 18.9. The number of imidazole rings is 1. The second kappa shape index (κ2) is 7.85. The van der Waals surface area contributed by atoms with Gasteiger partial charge in [-0.05, 0) is 24.3 Å². The van der Waals surface area contributed by atoms with Crippen LogP contribution in [0.3, 0.4) is 0 Å². The number of esters is 1. The Morgan fingerprint density at radius 3 is 2.58 bits per heavy atom. The largest absolute Gasteiger partial charge is 0.507 e. The fraction of sp³-hybridized carbons (Fsp3) is 0.105. The Labute approximate surface area is 149 Å². The molecule has 3 rings (SSSR count). The molecule has 0 bridgehead atoms. The van der Waals surface area contributed by atoms with E-state index in [1.807, 2.05) is 24.3 Å². The lowest BCUT2D eigenvalue weighted by Crippen LogP contribution is -2.16. The maximum Gasteiger partial charge on any atom is 0.344 e. The van der Waals surface area contributed by atoms with Crippen LogP contribution in [0.2, 0.25) is 0 Å². The van der Waals surface area contributed by atoms with Crippen LogP contribution in [0.5, 0.6) is 5.75 Å². The number of aliphatic hydroxyl groups excluding tert-OH is 1. The summed E-state index contributed by atoms with van der Waals surface area (Å²) in [5, 5.41) is 19.4. The summed E-state index contributed by atoms with van der Waals surface area (Å²) in [7, 11) is 0. The van der Waals surface area contributed by atoms with Crippen LogP contribution in [-0.2, 0) is 9.53 Å². The lowest BCUT2D eigenvalue weighted by atomic mass is 10.2. The van der Waals surface area contributed by atoms with Gasteiger partial charge >= 0.3 is 5.97 Å². The Hall–Kier alpha value is -3.79. The molecule has 0 saturated carbocycles. The van der Waals surface area contributed by atoms with Gasteiger partial charge in [0.25, 0.3) is 0 Å². The molecule has 0 aliphatic heterocycles. The first-order valence-electron chi connectivity index (χ1n) is 7.78. The Kier molecular flexibility index (Phi) is 5.15. The summed E-state index contributed by atoms with van der Waals surface area (Å²) < 4.78 is 10.2. The predicted molar refractivity (Wildman–Crippen MR) is 94.2 cm³/mol. The van der Waals surface area contributed by atoms with Crippen molar-refractivity contribution in [1.29, 1.82) is 5.26 Å². The first-order valence-corrected chi connectivity index (χ1v) is 7.78. The topological polar surface area (TPSA) is 108 Å². The molecule has 0 saturated heterocycles. The molecule has 130 valence electrons. The van der Waals surface area contributed by atoms with E-state index in [1.165, 1.54) is 0 Å². The van der Waals surface area contributed by atoms with Crippen LogP contribution in [0.4, 0.5) is 0 Å². The van der Waals surface area contributed by atoms with Crippen molar-refractivity contribution in [1.82, 2.24) is 9.97 Å². The maximum atomic E-state index is 11.7. The summed E-state index contributed by atoms with van der Waals surface area (Å²) in [5.41, 5.74) is 1.31. The second-order valence-electron chi connectivity index (χ2n) is 5.30. The van der Waals surface area contributed by atoms with Gasteiger partial charge in [-0.1, -0.05) is 30.3 Å². The molecule has 7 nitrogen and oxygen atoms in total. The third-order valence-corrected chi connectivity index (χ3v) is 3.50. The van der Waals surface area contributed by atoms with Crippen LogP contribution >= 0.6 is 0 Å². The molecule has 0 spiro atoms. The number of nitrogens with zero attached hydrogens (tertiary/aromatic N) is 2. The number of carbonyl (C=O) groups excluding carboxylic acids is 1. The molecule has 2 N–H and O–H groups in total. The standard InChI is InChI=1S/C19H15N3O4/c20-10-14(19-21-15-8-4-5-9-16(15)22-19)17(23)11-26-18(24)12-25-13-6-2-1-3-7-13/h1-9,23H,11-12H2,(H,21,22). The Balaban J connectivity index is 1.63. The first-order chi connectivity index (χ1) is 12.7. The molecule has 0 unspecified atom stereocenters. The van der Waals surface area contributed by atoms with Crippen molar-refractivity contribution in [2.45, 2.75) is 0 Å². The molecular formula is C19H15N3O4. The lowest BCUT2D eigenvalue weighted by Gasteiger charge is -2.07. The minimum atomic E-state index is -0.665. The van der Waals surface area contributed by atoms with Gasteiger partial charge in [-0.15, -0.1) is 0 Å². The van der Waals surface area contributed by atoms with Crippen molar-refractivity contribution >= 4 is 22.6 Å². The van der Waals surface area contributed by atoms with E-state index in [9.17, 15) is 15.2 Å². The van der Waals surface area contributed by atoms with Crippen molar-refractivity contribution in [3.05, 3.63) is 66.2 Å². The number of ether oxygens (including phenoxy) is 2. The van der Waals surface area contributed by atoms with Gasteiger partial charge in [0.15, 0.2) is 18.2 Å². The Morgan fingerprint density at radius 1 is 1.12 bits per heavy atom. The van der Waals surface area contributed by atoms with Crippen molar-refractivity contribution in [3.8, 4) is 11.8 Å². The average Bonchev–Trinajstić information content (AvgIpc) is 3.09. The number of rotatable bonds is 6. The first kappa shape index (κ1) is 17.0. The fourth-order valence-electron chi connectivity index (χ4n) is 2.25. The van der Waals surface area contributed by atoms with E-state index in [-0.39, 0.29) is 23.8 Å². The van der Waals surface area contributed by atoms with E-state index >= 15 is 0 Å². The number of nitrogens with one attached hydrogen (secondary N) is 1. The zero-order chi connectivity index (χ0) is 18.4. The number of carbonyl (C=O) groups is 1. The van der Waals surface area contributed by atoms with Crippen molar-refractivity contribution < 1.29 is 19.4 Å². The minimum absolute atomic E-state index is 0.0852. The van der Waals surface area contributed by atoms with E-state index in [0.717, 1.165) is 5.52 Å². The maximum absolute atomic E-state index is 11.7. The van der Waals surface area contributed by atoms with Gasteiger partial charge in [-0.3, -0.25) is 0 Å². The predicted octanol–water partition coefficient (Wildman–Crippen LogP) is 2.98. The Morgan fingerprint density at radius 2 is 1.85 bits per heavy atom. The van der Waals surface area contributed by atoms with E-state index < -0.39 is 12.6 Å². The molecule has 0 aliphatic rings. The average molecular weight is 349 g/mol. The highest BCUT2D eigenvalue weighted by atomic mass is 16.6. The van der Waals surface area contributed by atoms with E-state index in [4.69, 9.17) is 9.47 Å². The molecule has 7 heteroatoms. The molecule has 1 heterocycles. The number of H-pyrrole nitrogens is 1. The number of benzene rings is 2. The van der Waals surface area contributed by atoms with Gasteiger partial charge < -0.3 is 19.6 Å². The normalized spacial score (nSPS) is 11.5. The number of aliphatic hydroxyl groups is 1. The van der Waals surface area contributed by atoms with Crippen LogP contribution < -0.4 is 4.74 Å². The third kappa shape index (κ3) is 3.99. The smallest absolute Gasteiger partial charge is 0.344 e. The summed E-state index contributed by atoms with van der Waals surface area (Å²) >= 11 is 0. The molecule has 0 aliphatic carbocycles. The van der Waals surface area contributed by atoms with Gasteiger partial charge in [0.05, 0.1) is 11.0 Å². The van der Waals surface area contributed by atoms with Crippen LogP contribution in [0.15, 0.2) is 60.4 Å². The molecule has 0 amide bonds. The van der Waals surface area contributed by atoms with Crippen LogP contribution in [-0.4, -0.2) is 34.3 Å². The van der Waals surface area contributed by atoms with Gasteiger partial charge in [-0.2, -0.15) is 5.26 Å². The molecular weight excluding hydrogens is 334 g/mol. The molecule has 3 aromatic rings. The fourth-order valence-corrected chi connectivity index (χ4v) is 2.25. The number of para-hydroxylation sites is 3. The lowest BCUT2D eigenvalue weighted by molar-refractivity contribution is -0.145. The Bertz CT molecular complexity index is 954. The van der Waals surface area contributed by atoms with Gasteiger partial charge in [0, 0.05) is 0 Å². The quantitative estimate of drug-likeness (QED) is 0.402. The number of hydrogen-bond donors (Lipinski definition) is 2. The molecule has 0 atom stereocenters. The summed E-state index contributed by atoms with van der Waals surface area (Å²) in [5.74, 6) is -0.311. The minimum Gasteiger partial charge on any atom is -0.507 e. The number of aromatic amines is 1. The van der Waals surface area contributed by atoms with Crippen LogP contribution in [0.1, 0.15) is 5.82 Å². The number of allylic oxidation sites excluding steroid dienone is 1. The highest BCUT2D eigenvalue weighted by molar-refractivity contribution is 5.83. The summed E-state index contributed by atoms with van der Waals surface area (Å²) in [6.07, 6.45) is 0. The number of fused-ring (bicyclic) bond motifs is 1. The molecule has 26 heavy (non-hydrogen) atoms. The van der Waals surface area contributed by atoms with Gasteiger partial charge in [-0.25, -0.2) is 9.78 Å². The highest BCUT2D eigenvalue weighted by Crippen LogP contribution is 2.18. The zero-order valence-corrected chi connectivity index (χ0v) is 13.7. The summed E-state index contributed by atoms with van der Waals surface area (Å²) in [6.45, 7) is -0.749. The number of nitriles is 1. The SMILES string of the molecule is N#CC(=C(O)COC(=O)COc1ccccc1)c1nc2ccccc2[nH]1. The van der Waals surface area contributed by atoms with Crippen molar-refractivity contribution in [2.24, 2.45) is 0 Å². The number of hydrogen-bond acceptors (Lipinski definition) is 6. The van der Waals surface area contributed by atoms with E-state index in [1.54, 1.807) is 36.4 Å². The van der Waals surface area contributed by atoms with E-state index in [0.29, 0.717) is 11.3 Å². The second-order valence-corrected chi connectivity index (χ2v) is 5.30. The van der Waals surface area contributed by atoms with Crippen molar-refractivity contribution in [2.75, 3.05) is 13.2 Å². The van der Waals surface area contributed by atoms with Gasteiger partial charge in [0.2, 0.25) is 0 Å². The molecule has 2 aromatic carbocycles. The molecule has 1 aromatic heterocycles. The monoisotopic (exact) mass is 349 g/mol. The summed E-state index contributed by atoms with van der Waals surface area (Å²) in [6, 6.07) is 17.9. The molecule has 0 fully saturated rings. The van der Waals surface area contributed by atoms with Crippen LogP contribution in [0, 0.1) is 11.3 Å². The van der Waals surface area contributed by atoms with Gasteiger partial charge in [0.1, 0.15) is 24.0 Å². The number of aromatic nitrogens is 2. The zero-order valence-electron chi connectivity index (χ0n) is 13.7. The van der Waals surface area contributed by atoms with Crippen molar-refractivity contribution in [3.63, 3.8) is 0 Å². The highest BCUT2D eigenvalue weighted by Gasteiger charge is 2.15.